The Morgan fingerprint density at radius 2 is 2.12 bits per heavy atom. The van der Waals surface area contributed by atoms with Crippen molar-refractivity contribution < 1.29 is 24.2 Å². The molecule has 0 radical (unpaired) electrons. The molecule has 0 bridgehead atoms. The maximum atomic E-state index is 12.3. The molecule has 1 aliphatic rings. The third-order valence-corrected chi connectivity index (χ3v) is 5.34. The van der Waals surface area contributed by atoms with Crippen LogP contribution >= 0.6 is 46.6 Å². The van der Waals surface area contributed by atoms with Crippen LogP contribution in [0.4, 0.5) is 0 Å². The number of rotatable bonds is 7. The second-order valence-corrected chi connectivity index (χ2v) is 7.71. The molecule has 0 atom stereocenters. The van der Waals surface area contributed by atoms with Gasteiger partial charge < -0.3 is 14.6 Å². The van der Waals surface area contributed by atoms with E-state index in [0.717, 1.165) is 5.56 Å². The number of carboxylic acids is 1. The molecule has 134 valence electrons. The molecule has 1 aromatic carbocycles. The number of hydrogen-bond donors (Lipinski definition) is 1. The lowest BCUT2D eigenvalue weighted by Gasteiger charge is -2.13. The number of hydrogen-bond acceptors (Lipinski definition) is 6. The molecule has 1 N–H and O–H groups in total. The summed E-state index contributed by atoms with van der Waals surface area (Å²) >= 11 is 8.52. The molecule has 1 aliphatic heterocycles. The van der Waals surface area contributed by atoms with Crippen LogP contribution in [0.15, 0.2) is 17.0 Å². The minimum Gasteiger partial charge on any atom is -0.490 e. The van der Waals surface area contributed by atoms with Gasteiger partial charge in [0, 0.05) is 6.54 Å². The molecule has 1 heterocycles. The molecule has 1 fully saturated rings. The SMILES string of the molecule is CCOc1cc(/C=C2\SC(=S)N(CC)C2=O)cc(I)c1OCC(=O)O. The van der Waals surface area contributed by atoms with Crippen LogP contribution in [0, 0.1) is 3.57 Å². The molecule has 1 amide bonds. The van der Waals surface area contributed by atoms with Crippen LogP contribution in [-0.4, -0.2) is 46.0 Å². The maximum absolute atomic E-state index is 12.3. The summed E-state index contributed by atoms with van der Waals surface area (Å²) in [5, 5.41) is 8.80. The normalized spacial score (nSPS) is 15.8. The van der Waals surface area contributed by atoms with Gasteiger partial charge in [0.15, 0.2) is 18.1 Å². The molecule has 25 heavy (non-hydrogen) atoms. The highest BCUT2D eigenvalue weighted by atomic mass is 127. The van der Waals surface area contributed by atoms with Gasteiger partial charge in [0.1, 0.15) is 4.32 Å². The van der Waals surface area contributed by atoms with E-state index in [1.165, 1.54) is 11.8 Å². The summed E-state index contributed by atoms with van der Waals surface area (Å²) in [6.07, 6.45) is 1.75. The number of thioether (sulfide) groups is 1. The van der Waals surface area contributed by atoms with Crippen LogP contribution in [0.25, 0.3) is 6.08 Å². The number of carboxylic acid groups (broad SMARTS) is 1. The lowest BCUT2D eigenvalue weighted by atomic mass is 10.2. The number of likely N-dealkylation sites (N-methyl/N-ethyl adjacent to an activating group) is 1. The summed E-state index contributed by atoms with van der Waals surface area (Å²) < 4.78 is 12.1. The molecule has 1 saturated heterocycles. The van der Waals surface area contributed by atoms with Gasteiger partial charge in [-0.15, -0.1) is 0 Å². The van der Waals surface area contributed by atoms with Gasteiger partial charge in [-0.1, -0.05) is 24.0 Å². The maximum Gasteiger partial charge on any atom is 0.341 e. The largest absolute Gasteiger partial charge is 0.490 e. The van der Waals surface area contributed by atoms with Crippen LogP contribution in [0.5, 0.6) is 11.5 Å². The molecule has 0 saturated carbocycles. The van der Waals surface area contributed by atoms with Gasteiger partial charge >= 0.3 is 5.97 Å². The Labute approximate surface area is 168 Å². The summed E-state index contributed by atoms with van der Waals surface area (Å²) in [5.74, 6) is -0.363. The van der Waals surface area contributed by atoms with Crippen molar-refractivity contribution in [2.75, 3.05) is 19.8 Å². The average Bonchev–Trinajstić information content (AvgIpc) is 2.80. The van der Waals surface area contributed by atoms with Crippen molar-refractivity contribution >= 4 is 68.8 Å². The summed E-state index contributed by atoms with van der Waals surface area (Å²) in [6.45, 7) is 4.18. The van der Waals surface area contributed by atoms with Gasteiger partial charge in [0.05, 0.1) is 15.1 Å². The van der Waals surface area contributed by atoms with Crippen LogP contribution < -0.4 is 9.47 Å². The molecule has 6 nitrogen and oxygen atoms in total. The molecule has 0 aromatic heterocycles. The molecule has 1 aromatic rings. The zero-order valence-corrected chi connectivity index (χ0v) is 17.4. The third-order valence-electron chi connectivity index (χ3n) is 3.16. The van der Waals surface area contributed by atoms with Crippen LogP contribution in [0.1, 0.15) is 19.4 Å². The van der Waals surface area contributed by atoms with Crippen LogP contribution in [0.2, 0.25) is 0 Å². The van der Waals surface area contributed by atoms with E-state index in [4.69, 9.17) is 26.8 Å². The number of nitrogens with zero attached hydrogens (tertiary/aromatic N) is 1. The molecule has 9 heteroatoms. The summed E-state index contributed by atoms with van der Waals surface area (Å²) in [7, 11) is 0. The van der Waals surface area contributed by atoms with Crippen molar-refractivity contribution in [1.82, 2.24) is 4.90 Å². The summed E-state index contributed by atoms with van der Waals surface area (Å²) in [4.78, 5) is 25.2. The lowest BCUT2D eigenvalue weighted by Crippen LogP contribution is -2.27. The number of aliphatic carboxylic acids is 1. The van der Waals surface area contributed by atoms with Gasteiger partial charge in [-0.2, -0.15) is 0 Å². The third kappa shape index (κ3) is 4.85. The van der Waals surface area contributed by atoms with Crippen molar-refractivity contribution in [2.45, 2.75) is 13.8 Å². The highest BCUT2D eigenvalue weighted by Crippen LogP contribution is 2.37. The molecule has 0 unspecified atom stereocenters. The molecule has 0 aliphatic carbocycles. The Hall–Kier alpha value is -1.33. The van der Waals surface area contributed by atoms with Gasteiger partial charge in [-0.05, 0) is 60.2 Å². The first-order valence-electron chi connectivity index (χ1n) is 7.43. The Balaban J connectivity index is 2.36. The zero-order valence-electron chi connectivity index (χ0n) is 13.6. The smallest absolute Gasteiger partial charge is 0.341 e. The first kappa shape index (κ1) is 20.0. The van der Waals surface area contributed by atoms with Gasteiger partial charge in [-0.3, -0.25) is 9.69 Å². The van der Waals surface area contributed by atoms with E-state index in [1.807, 2.05) is 13.8 Å². The topological polar surface area (TPSA) is 76.1 Å². The van der Waals surface area contributed by atoms with Crippen molar-refractivity contribution in [2.24, 2.45) is 0 Å². The van der Waals surface area contributed by atoms with E-state index in [-0.39, 0.29) is 5.91 Å². The van der Waals surface area contributed by atoms with E-state index < -0.39 is 12.6 Å². The van der Waals surface area contributed by atoms with Crippen molar-refractivity contribution in [3.8, 4) is 11.5 Å². The first-order chi connectivity index (χ1) is 11.9. The van der Waals surface area contributed by atoms with Gasteiger partial charge in [0.2, 0.25) is 0 Å². The molecular weight excluding hydrogens is 477 g/mol. The fraction of sp³-hybridized carbons (Fsp3) is 0.312. The van der Waals surface area contributed by atoms with Gasteiger partial charge in [0.25, 0.3) is 5.91 Å². The lowest BCUT2D eigenvalue weighted by molar-refractivity contribution is -0.139. The number of carbonyl (C=O) groups excluding carboxylic acids is 1. The number of amides is 1. The number of halogens is 1. The number of thiocarbonyl (C=S) groups is 1. The molecule has 0 spiro atoms. The quantitative estimate of drug-likeness (QED) is 0.355. The average molecular weight is 493 g/mol. The number of ether oxygens (including phenoxy) is 2. The predicted octanol–water partition coefficient (Wildman–Crippen LogP) is 3.37. The van der Waals surface area contributed by atoms with E-state index >= 15 is 0 Å². The Kier molecular flexibility index (Phi) is 7.08. The van der Waals surface area contributed by atoms with Crippen molar-refractivity contribution in [3.63, 3.8) is 0 Å². The fourth-order valence-electron chi connectivity index (χ4n) is 2.13. The van der Waals surface area contributed by atoms with E-state index in [0.29, 0.717) is 37.4 Å². The zero-order chi connectivity index (χ0) is 18.6. The highest BCUT2D eigenvalue weighted by Gasteiger charge is 2.30. The van der Waals surface area contributed by atoms with E-state index in [2.05, 4.69) is 22.6 Å². The monoisotopic (exact) mass is 493 g/mol. The molecular formula is C16H16INO5S2. The highest BCUT2D eigenvalue weighted by molar-refractivity contribution is 14.1. The second kappa shape index (κ2) is 8.86. The van der Waals surface area contributed by atoms with Crippen LogP contribution in [-0.2, 0) is 9.59 Å². The second-order valence-electron chi connectivity index (χ2n) is 4.87. The Bertz CT molecular complexity index is 750. The summed E-state index contributed by atoms with van der Waals surface area (Å²) in [6, 6.07) is 3.53. The Morgan fingerprint density at radius 1 is 1.40 bits per heavy atom. The number of benzene rings is 1. The fourth-order valence-corrected chi connectivity index (χ4v) is 4.30. The van der Waals surface area contributed by atoms with Crippen molar-refractivity contribution in [3.05, 3.63) is 26.2 Å². The van der Waals surface area contributed by atoms with Gasteiger partial charge in [-0.25, -0.2) is 4.79 Å². The number of carbonyl (C=O) groups is 2. The van der Waals surface area contributed by atoms with E-state index in [1.54, 1.807) is 23.1 Å². The van der Waals surface area contributed by atoms with Crippen LogP contribution in [0.3, 0.4) is 0 Å². The standard InChI is InChI=1S/C16H16INO5S2/c1-3-18-15(21)12(25-16(18)24)7-9-5-10(17)14(23-8-13(19)20)11(6-9)22-4-2/h5-7H,3-4,8H2,1-2H3,(H,19,20)/b12-7-. The molecule has 2 rings (SSSR count). The van der Waals surface area contributed by atoms with Crippen molar-refractivity contribution in [1.29, 1.82) is 0 Å². The Morgan fingerprint density at radius 3 is 2.68 bits per heavy atom. The predicted molar refractivity (Wildman–Crippen MR) is 109 cm³/mol. The summed E-state index contributed by atoms with van der Waals surface area (Å²) in [5.41, 5.74) is 0.757. The minimum atomic E-state index is -1.06. The van der Waals surface area contributed by atoms with E-state index in [9.17, 15) is 9.59 Å². The minimum absolute atomic E-state index is 0.114. The first-order valence-corrected chi connectivity index (χ1v) is 9.74.